The third kappa shape index (κ3) is 17.8. The van der Waals surface area contributed by atoms with Crippen molar-refractivity contribution in [2.75, 3.05) is 6.16 Å². The Hall–Kier alpha value is 0.432. The van der Waals surface area contributed by atoms with Crippen LogP contribution in [0.4, 0.5) is 0 Å². The summed E-state index contributed by atoms with van der Waals surface area (Å²) in [7, 11) is 2.63. The molecule has 0 radical (unpaired) electrons. The van der Waals surface area contributed by atoms with Crippen molar-refractivity contribution in [2.45, 2.75) is 19.3 Å². The molecule has 0 aliphatic rings. The van der Waals surface area contributed by atoms with Crippen molar-refractivity contribution in [2.24, 2.45) is 0 Å². The van der Waals surface area contributed by atoms with Crippen molar-refractivity contribution in [3.8, 4) is 0 Å². The summed E-state index contributed by atoms with van der Waals surface area (Å²) in [6.07, 6.45) is 5.03. The first-order chi connectivity index (χ1) is 4.41. The number of unbranched alkanes of at least 4 members (excludes halogenated alkanes) is 2. The average molecular weight is 162 g/mol. The van der Waals surface area contributed by atoms with Crippen LogP contribution in [0.15, 0.2) is 0 Å². The first-order valence-electron chi connectivity index (χ1n) is 2.84. The third-order valence-electron chi connectivity index (χ3n) is 0.776. The van der Waals surface area contributed by atoms with E-state index < -0.39 is 0 Å². The van der Waals surface area contributed by atoms with Crippen molar-refractivity contribution >= 4 is 31.8 Å². The molecule has 4 heteroatoms. The second-order valence-corrected chi connectivity index (χ2v) is 2.03. The zero-order valence-corrected chi connectivity index (χ0v) is 8.08. The van der Waals surface area contributed by atoms with E-state index in [0.29, 0.717) is 16.2 Å². The Morgan fingerprint density at radius 1 is 1.33 bits per heavy atom. The zero-order valence-electron chi connectivity index (χ0n) is 5.51. The Bertz CT molecular complexity index is 60.9. The average Bonchev–Trinajstić information content (AvgIpc) is 1.94. The second-order valence-electron chi connectivity index (χ2n) is 1.45. The van der Waals surface area contributed by atoms with E-state index in [1.54, 1.807) is 0 Å². The number of carbonyl (C=O) groups is 1. The van der Waals surface area contributed by atoms with Gasteiger partial charge in [-0.2, -0.15) is 0 Å². The Labute approximate surface area is 66.2 Å². The van der Waals surface area contributed by atoms with E-state index in [2.05, 4.69) is 9.24 Å². The molecule has 0 aromatic heterocycles. The number of hydrogen-bond acceptors (Lipinski definition) is 2. The molecule has 0 saturated carbocycles. The minimum absolute atomic E-state index is 0.611. The van der Waals surface area contributed by atoms with E-state index >= 15 is 0 Å². The van der Waals surface area contributed by atoms with Crippen LogP contribution in [-0.4, -0.2) is 28.7 Å². The van der Waals surface area contributed by atoms with E-state index in [9.17, 15) is 4.79 Å². The fourth-order valence-corrected chi connectivity index (χ4v) is 0.661. The Morgan fingerprint density at radius 3 is 2.22 bits per heavy atom. The first-order valence-corrected chi connectivity index (χ1v) is 4.23. The van der Waals surface area contributed by atoms with E-state index in [1.807, 2.05) is 0 Å². The van der Waals surface area contributed by atoms with Gasteiger partial charge in [0.25, 0.3) is 0 Å². The van der Waals surface area contributed by atoms with Gasteiger partial charge in [0.2, 0.25) is 0 Å². The molecule has 0 amide bonds. The SMILES string of the molecule is O=CCCCCP.[O]=[AlH]. The van der Waals surface area contributed by atoms with Crippen molar-refractivity contribution in [1.29, 1.82) is 0 Å². The van der Waals surface area contributed by atoms with Crippen molar-refractivity contribution in [3.63, 3.8) is 0 Å². The van der Waals surface area contributed by atoms with E-state index in [4.69, 9.17) is 3.80 Å². The predicted octanol–water partition coefficient (Wildman–Crippen LogP) is 0.463. The van der Waals surface area contributed by atoms with Crippen molar-refractivity contribution in [1.82, 2.24) is 0 Å². The molecule has 0 fully saturated rings. The zero-order chi connectivity index (χ0) is 7.54. The van der Waals surface area contributed by atoms with Gasteiger partial charge in [-0.3, -0.25) is 0 Å². The molecule has 0 aliphatic carbocycles. The van der Waals surface area contributed by atoms with Crippen LogP contribution in [-0.2, 0) is 8.60 Å². The third-order valence-corrected chi connectivity index (χ3v) is 1.18. The summed E-state index contributed by atoms with van der Waals surface area (Å²) in [6, 6.07) is 0. The quantitative estimate of drug-likeness (QED) is 0.260. The molecule has 0 aliphatic heterocycles. The van der Waals surface area contributed by atoms with Crippen LogP contribution in [0.3, 0.4) is 0 Å². The van der Waals surface area contributed by atoms with Gasteiger partial charge in [0, 0.05) is 6.42 Å². The molecule has 0 aromatic carbocycles. The maximum atomic E-state index is 9.67. The van der Waals surface area contributed by atoms with Crippen molar-refractivity contribution < 1.29 is 8.60 Å². The normalized spacial score (nSPS) is 7.11. The molecule has 0 spiro atoms. The predicted molar refractivity (Wildman–Crippen MR) is 42.3 cm³/mol. The van der Waals surface area contributed by atoms with Crippen LogP contribution in [0.5, 0.6) is 0 Å². The summed E-state index contributed by atoms with van der Waals surface area (Å²) >= 11 is 0.611. The van der Waals surface area contributed by atoms with Crippen LogP contribution in [0.1, 0.15) is 19.3 Å². The van der Waals surface area contributed by atoms with Gasteiger partial charge in [0.15, 0.2) is 0 Å². The number of rotatable bonds is 4. The molecule has 0 saturated heterocycles. The number of aldehydes is 1. The van der Waals surface area contributed by atoms with E-state index in [0.717, 1.165) is 31.7 Å². The number of carbonyl (C=O) groups excluding carboxylic acids is 1. The molecule has 0 aromatic rings. The molecule has 0 rings (SSSR count). The molecule has 0 heterocycles. The Balaban J connectivity index is 0. The van der Waals surface area contributed by atoms with E-state index in [1.165, 1.54) is 0 Å². The fraction of sp³-hybridized carbons (Fsp3) is 0.800. The molecular weight excluding hydrogens is 150 g/mol. The molecule has 0 bridgehead atoms. The first kappa shape index (κ1) is 12.1. The van der Waals surface area contributed by atoms with Crippen LogP contribution in [0.25, 0.3) is 0 Å². The standard InChI is InChI=1S/C5H11OP.Al.O.H/c6-4-2-1-3-5-7;;;/h4H,1-3,5,7H2;;;. The summed E-state index contributed by atoms with van der Waals surface area (Å²) in [4.78, 5) is 9.67. The topological polar surface area (TPSA) is 34.1 Å². The Kier molecular flexibility index (Phi) is 21.3. The molecule has 1 unspecified atom stereocenters. The maximum absolute atomic E-state index is 9.67. The Morgan fingerprint density at radius 2 is 1.89 bits per heavy atom. The second kappa shape index (κ2) is 15.8. The fourth-order valence-electron chi connectivity index (χ4n) is 0.372. The number of hydrogen-bond donors (Lipinski definition) is 0. The minimum atomic E-state index is 0.611. The van der Waals surface area contributed by atoms with Crippen LogP contribution < -0.4 is 0 Å². The van der Waals surface area contributed by atoms with Gasteiger partial charge in [-0.15, -0.1) is 9.24 Å². The van der Waals surface area contributed by atoms with Gasteiger partial charge in [-0.1, -0.05) is 0 Å². The molecule has 1 atom stereocenters. The van der Waals surface area contributed by atoms with Gasteiger partial charge in [0.1, 0.15) is 6.29 Å². The van der Waals surface area contributed by atoms with Gasteiger partial charge >= 0.3 is 20.0 Å². The molecule has 9 heavy (non-hydrogen) atoms. The van der Waals surface area contributed by atoms with Crippen LogP contribution in [0, 0.1) is 0 Å². The van der Waals surface area contributed by atoms with Gasteiger partial charge < -0.3 is 4.79 Å². The summed E-state index contributed by atoms with van der Waals surface area (Å²) in [6.45, 7) is 0. The van der Waals surface area contributed by atoms with Crippen LogP contribution in [0.2, 0.25) is 0 Å². The summed E-state index contributed by atoms with van der Waals surface area (Å²) in [5, 5.41) is 0. The molecular formula is C5H12AlO2P. The van der Waals surface area contributed by atoms with Gasteiger partial charge in [-0.25, -0.2) is 0 Å². The molecule has 52 valence electrons. The van der Waals surface area contributed by atoms with Crippen molar-refractivity contribution in [3.05, 3.63) is 0 Å². The molecule has 0 N–H and O–H groups in total. The van der Waals surface area contributed by atoms with Crippen LogP contribution >= 0.6 is 9.24 Å². The van der Waals surface area contributed by atoms with Gasteiger partial charge in [0.05, 0.1) is 0 Å². The van der Waals surface area contributed by atoms with E-state index in [-0.39, 0.29) is 0 Å². The summed E-state index contributed by atoms with van der Waals surface area (Å²) < 4.78 is 8.28. The summed E-state index contributed by atoms with van der Waals surface area (Å²) in [5.74, 6) is 0. The molecule has 2 nitrogen and oxygen atoms in total. The summed E-state index contributed by atoms with van der Waals surface area (Å²) in [5.41, 5.74) is 0. The monoisotopic (exact) mass is 162 g/mol. The van der Waals surface area contributed by atoms with Gasteiger partial charge in [-0.05, 0) is 19.0 Å².